The lowest BCUT2D eigenvalue weighted by Gasteiger charge is -2.31. The third kappa shape index (κ3) is 8.52. The van der Waals surface area contributed by atoms with E-state index in [0.29, 0.717) is 0 Å². The number of aryl methyl sites for hydroxylation is 1. The smallest absolute Gasteiger partial charge is 0.191 e. The minimum Gasteiger partial charge on any atom is -0.357 e. The summed E-state index contributed by atoms with van der Waals surface area (Å²) in [6.07, 6.45) is 7.86. The second-order valence-corrected chi connectivity index (χ2v) is 7.96. The maximum Gasteiger partial charge on any atom is 0.191 e. The van der Waals surface area contributed by atoms with Crippen LogP contribution in [0.25, 0.3) is 0 Å². The molecule has 1 saturated heterocycles. The molecule has 0 bridgehead atoms. The Morgan fingerprint density at radius 1 is 1.27 bits per heavy atom. The summed E-state index contributed by atoms with van der Waals surface area (Å²) in [5, 5.41) is 8.04. The van der Waals surface area contributed by atoms with Gasteiger partial charge in [-0.2, -0.15) is 0 Å². The summed E-state index contributed by atoms with van der Waals surface area (Å²) in [7, 11) is 0. The van der Waals surface area contributed by atoms with Crippen LogP contribution in [0.3, 0.4) is 0 Å². The lowest BCUT2D eigenvalue weighted by atomic mass is 9.97. The number of aromatic nitrogens is 1. The van der Waals surface area contributed by atoms with Crippen LogP contribution in [0, 0.1) is 5.92 Å². The SMILES string of the molecule is CCCN1CCC(CN=C(NCC)NCCc2ncc(CC)s2)CC1.I. The van der Waals surface area contributed by atoms with E-state index in [-0.39, 0.29) is 24.0 Å². The molecule has 26 heavy (non-hydrogen) atoms. The molecular weight excluding hydrogens is 457 g/mol. The average molecular weight is 494 g/mol. The van der Waals surface area contributed by atoms with Gasteiger partial charge < -0.3 is 15.5 Å². The average Bonchev–Trinajstić information content (AvgIpc) is 3.09. The zero-order chi connectivity index (χ0) is 17.9. The minimum absolute atomic E-state index is 0. The number of rotatable bonds is 9. The van der Waals surface area contributed by atoms with Crippen LogP contribution in [-0.2, 0) is 12.8 Å². The van der Waals surface area contributed by atoms with E-state index in [1.165, 1.54) is 48.8 Å². The van der Waals surface area contributed by atoms with Crippen LogP contribution in [0.5, 0.6) is 0 Å². The maximum atomic E-state index is 4.82. The van der Waals surface area contributed by atoms with Gasteiger partial charge in [-0.25, -0.2) is 4.98 Å². The molecule has 5 nitrogen and oxygen atoms in total. The number of nitrogens with one attached hydrogen (secondary N) is 2. The van der Waals surface area contributed by atoms with Gasteiger partial charge >= 0.3 is 0 Å². The van der Waals surface area contributed by atoms with Crippen LogP contribution in [0.2, 0.25) is 0 Å². The fourth-order valence-corrected chi connectivity index (χ4v) is 4.05. The van der Waals surface area contributed by atoms with Crippen LogP contribution in [0.1, 0.15) is 49.9 Å². The largest absolute Gasteiger partial charge is 0.357 e. The normalized spacial score (nSPS) is 16.3. The molecule has 2 rings (SSSR count). The van der Waals surface area contributed by atoms with Gasteiger partial charge in [0.1, 0.15) is 0 Å². The van der Waals surface area contributed by atoms with Gasteiger partial charge in [0.2, 0.25) is 0 Å². The zero-order valence-corrected chi connectivity index (χ0v) is 19.7. The molecule has 0 saturated carbocycles. The molecule has 0 unspecified atom stereocenters. The van der Waals surface area contributed by atoms with E-state index in [1.54, 1.807) is 0 Å². The lowest BCUT2D eigenvalue weighted by molar-refractivity contribution is 0.188. The second kappa shape index (κ2) is 13.7. The van der Waals surface area contributed by atoms with Crippen LogP contribution in [0.15, 0.2) is 11.2 Å². The van der Waals surface area contributed by atoms with Crippen LogP contribution < -0.4 is 10.6 Å². The fraction of sp³-hybridized carbons (Fsp3) is 0.789. The lowest BCUT2D eigenvalue weighted by Crippen LogP contribution is -2.39. The molecule has 1 aliphatic heterocycles. The summed E-state index contributed by atoms with van der Waals surface area (Å²) in [5.74, 6) is 1.68. The number of guanidine groups is 1. The third-order valence-electron chi connectivity index (χ3n) is 4.68. The van der Waals surface area contributed by atoms with E-state index < -0.39 is 0 Å². The molecule has 2 N–H and O–H groups in total. The van der Waals surface area contributed by atoms with Crippen molar-refractivity contribution in [2.45, 2.75) is 52.9 Å². The van der Waals surface area contributed by atoms with Crippen LogP contribution >= 0.6 is 35.3 Å². The molecule has 0 radical (unpaired) electrons. The Bertz CT molecular complexity index is 512. The molecule has 0 atom stereocenters. The Morgan fingerprint density at radius 2 is 2.04 bits per heavy atom. The predicted molar refractivity (Wildman–Crippen MR) is 124 cm³/mol. The van der Waals surface area contributed by atoms with E-state index in [0.717, 1.165) is 44.4 Å². The Kier molecular flexibility index (Phi) is 12.5. The number of likely N-dealkylation sites (tertiary alicyclic amines) is 1. The van der Waals surface area contributed by atoms with E-state index >= 15 is 0 Å². The first-order valence-electron chi connectivity index (χ1n) is 9.93. The monoisotopic (exact) mass is 493 g/mol. The van der Waals surface area contributed by atoms with Crippen molar-refractivity contribution in [1.82, 2.24) is 20.5 Å². The molecule has 1 aromatic rings. The Hall–Kier alpha value is -0.410. The number of thiazole rings is 1. The number of hydrogen-bond acceptors (Lipinski definition) is 4. The van der Waals surface area contributed by atoms with Gasteiger partial charge in [0, 0.05) is 37.1 Å². The molecule has 7 heteroatoms. The van der Waals surface area contributed by atoms with Crippen molar-refractivity contribution in [3.63, 3.8) is 0 Å². The summed E-state index contributed by atoms with van der Waals surface area (Å²) < 4.78 is 0. The van der Waals surface area contributed by atoms with Gasteiger partial charge in [-0.15, -0.1) is 35.3 Å². The Labute approximate surface area is 180 Å². The summed E-state index contributed by atoms with van der Waals surface area (Å²) in [6.45, 7) is 13.0. The molecule has 1 fully saturated rings. The van der Waals surface area contributed by atoms with Crippen LogP contribution in [0.4, 0.5) is 0 Å². The Morgan fingerprint density at radius 3 is 2.65 bits per heavy atom. The number of halogens is 1. The third-order valence-corrected chi connectivity index (χ3v) is 5.88. The van der Waals surface area contributed by atoms with E-state index in [1.807, 2.05) is 17.5 Å². The van der Waals surface area contributed by atoms with Crippen molar-refractivity contribution < 1.29 is 0 Å². The highest BCUT2D eigenvalue weighted by molar-refractivity contribution is 14.0. The van der Waals surface area contributed by atoms with Crippen molar-refractivity contribution in [2.24, 2.45) is 10.9 Å². The standard InChI is InChI=1S/C19H35N5S.HI/c1-4-11-24-12-8-16(9-13-24)14-23-19(20-6-3)21-10-7-18-22-15-17(5-2)25-18;/h15-16H,4-14H2,1-3H3,(H2,20,21,23);1H. The molecule has 1 aromatic heterocycles. The predicted octanol–water partition coefficient (Wildman–Crippen LogP) is 3.54. The molecule has 0 spiro atoms. The molecule has 0 aliphatic carbocycles. The maximum absolute atomic E-state index is 4.82. The highest BCUT2D eigenvalue weighted by Crippen LogP contribution is 2.17. The second-order valence-electron chi connectivity index (χ2n) is 6.76. The van der Waals surface area contributed by atoms with E-state index in [4.69, 9.17) is 4.99 Å². The van der Waals surface area contributed by atoms with Crippen molar-refractivity contribution in [3.05, 3.63) is 16.1 Å². The first kappa shape index (κ1) is 23.6. The molecule has 0 aromatic carbocycles. The molecule has 2 heterocycles. The zero-order valence-electron chi connectivity index (χ0n) is 16.6. The number of nitrogens with zero attached hydrogens (tertiary/aromatic N) is 3. The summed E-state index contributed by atoms with van der Waals surface area (Å²) in [4.78, 5) is 13.3. The van der Waals surface area contributed by atoms with Gasteiger partial charge in [0.15, 0.2) is 5.96 Å². The van der Waals surface area contributed by atoms with Gasteiger partial charge in [0.25, 0.3) is 0 Å². The molecule has 150 valence electrons. The van der Waals surface area contributed by atoms with Crippen LogP contribution in [-0.4, -0.2) is 55.1 Å². The molecule has 1 aliphatic rings. The number of aliphatic imine (C=N–C) groups is 1. The first-order chi connectivity index (χ1) is 12.2. The van der Waals surface area contributed by atoms with Crippen molar-refractivity contribution in [1.29, 1.82) is 0 Å². The fourth-order valence-electron chi connectivity index (χ4n) is 3.19. The number of hydrogen-bond donors (Lipinski definition) is 2. The molecule has 0 amide bonds. The highest BCUT2D eigenvalue weighted by atomic mass is 127. The van der Waals surface area contributed by atoms with Gasteiger partial charge in [-0.1, -0.05) is 13.8 Å². The van der Waals surface area contributed by atoms with Gasteiger partial charge in [-0.3, -0.25) is 4.99 Å². The molecular formula is C19H36IN5S. The van der Waals surface area contributed by atoms with Crippen molar-refractivity contribution in [2.75, 3.05) is 39.3 Å². The summed E-state index contributed by atoms with van der Waals surface area (Å²) >= 11 is 1.82. The van der Waals surface area contributed by atoms with Crippen molar-refractivity contribution >= 4 is 41.3 Å². The quantitative estimate of drug-likeness (QED) is 0.314. The summed E-state index contributed by atoms with van der Waals surface area (Å²) in [6, 6.07) is 0. The first-order valence-corrected chi connectivity index (χ1v) is 10.7. The van der Waals surface area contributed by atoms with E-state index in [2.05, 4.69) is 41.3 Å². The summed E-state index contributed by atoms with van der Waals surface area (Å²) in [5.41, 5.74) is 0. The highest BCUT2D eigenvalue weighted by Gasteiger charge is 2.18. The van der Waals surface area contributed by atoms with E-state index in [9.17, 15) is 0 Å². The topological polar surface area (TPSA) is 52.5 Å². The number of piperidine rings is 1. The minimum atomic E-state index is 0. The van der Waals surface area contributed by atoms with Gasteiger partial charge in [-0.05, 0) is 58.2 Å². The van der Waals surface area contributed by atoms with Gasteiger partial charge in [0.05, 0.1) is 5.01 Å². The van der Waals surface area contributed by atoms with Crippen molar-refractivity contribution in [3.8, 4) is 0 Å². The Balaban J connectivity index is 0.00000338.